The predicted molar refractivity (Wildman–Crippen MR) is 85.9 cm³/mol. The summed E-state index contributed by atoms with van der Waals surface area (Å²) >= 11 is 0. The molecule has 0 N–H and O–H groups in total. The number of nitrogens with zero attached hydrogens (tertiary/aromatic N) is 2. The van der Waals surface area contributed by atoms with Crippen molar-refractivity contribution in [1.29, 1.82) is 0 Å². The highest BCUT2D eigenvalue weighted by atomic mass is 16.1. The fourth-order valence-electron chi connectivity index (χ4n) is 3.66. The summed E-state index contributed by atoms with van der Waals surface area (Å²) in [7, 11) is 3.77. The Morgan fingerprint density at radius 3 is 1.41 bits per heavy atom. The normalized spacial score (nSPS) is 23.0. The highest BCUT2D eigenvalue weighted by Gasteiger charge is 2.48. The quantitative estimate of drug-likeness (QED) is 0.809. The van der Waals surface area contributed by atoms with Crippen LogP contribution in [0.4, 0.5) is 11.4 Å². The first kappa shape index (κ1) is 13.1. The average molecular weight is 292 g/mol. The molecule has 2 aliphatic heterocycles. The van der Waals surface area contributed by atoms with E-state index in [9.17, 15) is 9.59 Å². The summed E-state index contributed by atoms with van der Waals surface area (Å²) in [6.45, 7) is 0. The van der Waals surface area contributed by atoms with E-state index in [4.69, 9.17) is 0 Å². The second kappa shape index (κ2) is 4.44. The fourth-order valence-corrected chi connectivity index (χ4v) is 3.66. The number of ketones is 2. The molecule has 0 saturated carbocycles. The molecule has 2 unspecified atom stereocenters. The molecule has 22 heavy (non-hydrogen) atoms. The predicted octanol–water partition coefficient (Wildman–Crippen LogP) is 2.39. The molecule has 2 aromatic carbocycles. The van der Waals surface area contributed by atoms with E-state index in [1.165, 1.54) is 0 Å². The second-order valence-corrected chi connectivity index (χ2v) is 5.87. The Morgan fingerprint density at radius 2 is 1.05 bits per heavy atom. The van der Waals surface area contributed by atoms with Gasteiger partial charge in [0.1, 0.15) is 12.1 Å². The number of hydrogen-bond donors (Lipinski definition) is 0. The molecule has 4 nitrogen and oxygen atoms in total. The number of anilines is 2. The Labute approximate surface area is 129 Å². The first-order valence-electron chi connectivity index (χ1n) is 7.33. The molecule has 0 aliphatic carbocycles. The molecule has 4 heteroatoms. The van der Waals surface area contributed by atoms with Gasteiger partial charge in [0.05, 0.1) is 0 Å². The van der Waals surface area contributed by atoms with Crippen LogP contribution in [0.5, 0.6) is 0 Å². The molecule has 4 rings (SSSR count). The minimum atomic E-state index is -0.470. The van der Waals surface area contributed by atoms with E-state index < -0.39 is 12.1 Å². The molecular formula is C18H16N2O2. The Hall–Kier alpha value is -2.62. The topological polar surface area (TPSA) is 40.6 Å². The Kier molecular flexibility index (Phi) is 2.64. The highest BCUT2D eigenvalue weighted by Crippen LogP contribution is 2.39. The van der Waals surface area contributed by atoms with Crippen LogP contribution in [0.3, 0.4) is 0 Å². The molecule has 0 aromatic heterocycles. The fraction of sp³-hybridized carbons (Fsp3) is 0.222. The number of benzene rings is 2. The van der Waals surface area contributed by atoms with Crippen LogP contribution in [-0.4, -0.2) is 37.7 Å². The molecule has 0 fully saturated rings. The van der Waals surface area contributed by atoms with Gasteiger partial charge >= 0.3 is 0 Å². The number of carbonyl (C=O) groups is 2. The van der Waals surface area contributed by atoms with E-state index in [1.54, 1.807) is 0 Å². The zero-order chi connectivity index (χ0) is 15.4. The summed E-state index contributed by atoms with van der Waals surface area (Å²) in [5, 5.41) is 0. The van der Waals surface area contributed by atoms with Crippen LogP contribution in [0, 0.1) is 0 Å². The first-order valence-corrected chi connectivity index (χ1v) is 7.33. The average Bonchev–Trinajstić information content (AvgIpc) is 2.94. The maximum Gasteiger partial charge on any atom is 0.189 e. The van der Waals surface area contributed by atoms with Gasteiger partial charge in [-0.05, 0) is 24.3 Å². The molecule has 2 heterocycles. The molecule has 0 bridgehead atoms. The molecule has 110 valence electrons. The minimum Gasteiger partial charge on any atom is -0.361 e. The van der Waals surface area contributed by atoms with Crippen molar-refractivity contribution in [1.82, 2.24) is 0 Å². The van der Waals surface area contributed by atoms with Crippen molar-refractivity contribution >= 4 is 22.9 Å². The van der Waals surface area contributed by atoms with E-state index >= 15 is 0 Å². The number of likely N-dealkylation sites (N-methyl/N-ethyl adjacent to an activating group) is 2. The smallest absolute Gasteiger partial charge is 0.189 e. The van der Waals surface area contributed by atoms with Gasteiger partial charge in [-0.15, -0.1) is 0 Å². The van der Waals surface area contributed by atoms with Gasteiger partial charge in [0.2, 0.25) is 0 Å². The van der Waals surface area contributed by atoms with Gasteiger partial charge in [-0.1, -0.05) is 24.3 Å². The number of para-hydroxylation sites is 2. The Balaban J connectivity index is 1.79. The summed E-state index contributed by atoms with van der Waals surface area (Å²) < 4.78 is 0. The summed E-state index contributed by atoms with van der Waals surface area (Å²) in [6.07, 6.45) is 0. The molecule has 2 aromatic rings. The monoisotopic (exact) mass is 292 g/mol. The van der Waals surface area contributed by atoms with E-state index in [0.29, 0.717) is 11.1 Å². The Morgan fingerprint density at radius 1 is 0.682 bits per heavy atom. The zero-order valence-electron chi connectivity index (χ0n) is 12.5. The number of hydrogen-bond acceptors (Lipinski definition) is 4. The van der Waals surface area contributed by atoms with Gasteiger partial charge in [0.15, 0.2) is 11.6 Å². The van der Waals surface area contributed by atoms with Crippen LogP contribution >= 0.6 is 0 Å². The molecular weight excluding hydrogens is 276 g/mol. The van der Waals surface area contributed by atoms with Crippen molar-refractivity contribution in [2.24, 2.45) is 0 Å². The first-order chi connectivity index (χ1) is 10.6. The van der Waals surface area contributed by atoms with Gasteiger partial charge < -0.3 is 9.80 Å². The lowest BCUT2D eigenvalue weighted by Crippen LogP contribution is -2.52. The lowest BCUT2D eigenvalue weighted by molar-refractivity contribution is 0.0887. The third-order valence-electron chi connectivity index (χ3n) is 4.77. The van der Waals surface area contributed by atoms with Crippen molar-refractivity contribution in [2.75, 3.05) is 23.9 Å². The summed E-state index contributed by atoms with van der Waals surface area (Å²) in [6, 6.07) is 14.1. The number of carbonyl (C=O) groups excluding carboxylic acids is 2. The van der Waals surface area contributed by atoms with E-state index in [1.807, 2.05) is 72.4 Å². The van der Waals surface area contributed by atoms with Gasteiger partial charge in [-0.25, -0.2) is 0 Å². The molecule has 2 atom stereocenters. The minimum absolute atomic E-state index is 0.0242. The molecule has 0 spiro atoms. The van der Waals surface area contributed by atoms with Crippen LogP contribution in [0.2, 0.25) is 0 Å². The standard InChI is InChI=1S/C18H16N2O2/c1-19-13-9-5-3-7-11(13)17(21)15(19)16-18(22)12-8-4-6-10-14(12)20(16)2/h3-10,15-16H,1-2H3. The zero-order valence-corrected chi connectivity index (χ0v) is 12.5. The van der Waals surface area contributed by atoms with Gasteiger partial charge in [-0.2, -0.15) is 0 Å². The summed E-state index contributed by atoms with van der Waals surface area (Å²) in [5.41, 5.74) is 3.20. The van der Waals surface area contributed by atoms with Crippen molar-refractivity contribution in [3.05, 3.63) is 59.7 Å². The van der Waals surface area contributed by atoms with Crippen molar-refractivity contribution in [3.63, 3.8) is 0 Å². The van der Waals surface area contributed by atoms with Crippen LogP contribution in [0.1, 0.15) is 20.7 Å². The van der Waals surface area contributed by atoms with Crippen molar-refractivity contribution in [2.45, 2.75) is 12.1 Å². The number of Topliss-reactive ketones (excluding diaryl/α,β-unsaturated/α-hetero) is 2. The third kappa shape index (κ3) is 1.52. The van der Waals surface area contributed by atoms with E-state index in [0.717, 1.165) is 11.4 Å². The molecule has 0 amide bonds. The largest absolute Gasteiger partial charge is 0.361 e. The molecule has 0 saturated heterocycles. The SMILES string of the molecule is CN1c2ccccc2C(=O)C1C1C(=O)c2ccccc2N1C. The lowest BCUT2D eigenvalue weighted by Gasteiger charge is -2.31. The van der Waals surface area contributed by atoms with E-state index in [2.05, 4.69) is 0 Å². The van der Waals surface area contributed by atoms with Gasteiger partial charge in [-0.3, -0.25) is 9.59 Å². The number of rotatable bonds is 1. The molecule has 2 aliphatic rings. The lowest BCUT2D eigenvalue weighted by atomic mass is 9.97. The highest BCUT2D eigenvalue weighted by molar-refractivity contribution is 6.19. The maximum absolute atomic E-state index is 12.8. The Bertz CT molecular complexity index is 732. The van der Waals surface area contributed by atoms with Crippen molar-refractivity contribution < 1.29 is 9.59 Å². The maximum atomic E-state index is 12.8. The van der Waals surface area contributed by atoms with Gasteiger partial charge in [0.25, 0.3) is 0 Å². The van der Waals surface area contributed by atoms with Crippen LogP contribution in [-0.2, 0) is 0 Å². The summed E-state index contributed by atoms with van der Waals surface area (Å²) in [4.78, 5) is 29.5. The van der Waals surface area contributed by atoms with E-state index in [-0.39, 0.29) is 11.6 Å². The second-order valence-electron chi connectivity index (χ2n) is 5.87. The van der Waals surface area contributed by atoms with Gasteiger partial charge in [0, 0.05) is 36.6 Å². The number of fused-ring (bicyclic) bond motifs is 2. The van der Waals surface area contributed by atoms with Crippen molar-refractivity contribution in [3.8, 4) is 0 Å². The third-order valence-corrected chi connectivity index (χ3v) is 4.77. The van der Waals surface area contributed by atoms with Crippen LogP contribution in [0.25, 0.3) is 0 Å². The summed E-state index contributed by atoms with van der Waals surface area (Å²) in [5.74, 6) is 0.0483. The van der Waals surface area contributed by atoms with Crippen LogP contribution < -0.4 is 9.80 Å². The molecule has 0 radical (unpaired) electrons. The van der Waals surface area contributed by atoms with Crippen LogP contribution in [0.15, 0.2) is 48.5 Å².